The van der Waals surface area contributed by atoms with E-state index < -0.39 is 0 Å². The molecule has 1 atom stereocenters. The predicted octanol–water partition coefficient (Wildman–Crippen LogP) is 3.76. The second kappa shape index (κ2) is 6.38. The molecule has 1 heterocycles. The van der Waals surface area contributed by atoms with E-state index in [4.69, 9.17) is 16.3 Å². The lowest BCUT2D eigenvalue weighted by Crippen LogP contribution is -2.03. The van der Waals surface area contributed by atoms with Gasteiger partial charge in [-0.25, -0.2) is 4.98 Å². The Morgan fingerprint density at radius 3 is 2.86 bits per heavy atom. The highest BCUT2D eigenvalue weighted by Gasteiger charge is 2.14. The monoisotopic (exact) mass is 233 g/mol. The first-order valence-electron chi connectivity index (χ1n) is 4.94. The van der Waals surface area contributed by atoms with Crippen LogP contribution in [0.4, 0.5) is 0 Å². The minimum Gasteiger partial charge on any atom is -0.371 e. The zero-order valence-electron chi connectivity index (χ0n) is 8.62. The molecule has 1 aromatic heterocycles. The van der Waals surface area contributed by atoms with E-state index in [-0.39, 0.29) is 6.10 Å². The fraction of sp³-hybridized carbons (Fsp3) is 0.700. The summed E-state index contributed by atoms with van der Waals surface area (Å²) in [6.07, 6.45) is 4.14. The molecule has 0 aliphatic rings. The van der Waals surface area contributed by atoms with Gasteiger partial charge >= 0.3 is 0 Å². The number of rotatable bonds is 6. The molecule has 80 valence electrons. The van der Waals surface area contributed by atoms with Gasteiger partial charge in [0.2, 0.25) is 0 Å². The summed E-state index contributed by atoms with van der Waals surface area (Å²) in [5.41, 5.74) is 0. The molecule has 0 aliphatic heterocycles. The van der Waals surface area contributed by atoms with E-state index in [0.29, 0.717) is 5.88 Å². The van der Waals surface area contributed by atoms with E-state index in [2.05, 4.69) is 11.9 Å². The van der Waals surface area contributed by atoms with Gasteiger partial charge in [0.15, 0.2) is 0 Å². The highest BCUT2D eigenvalue weighted by Crippen LogP contribution is 2.27. The van der Waals surface area contributed by atoms with Gasteiger partial charge in [-0.3, -0.25) is 0 Å². The maximum atomic E-state index is 5.73. The van der Waals surface area contributed by atoms with Gasteiger partial charge in [-0.2, -0.15) is 0 Å². The molecule has 0 spiro atoms. The number of aromatic nitrogens is 1. The van der Waals surface area contributed by atoms with Gasteiger partial charge in [0.1, 0.15) is 11.1 Å². The molecular weight excluding hydrogens is 218 g/mol. The van der Waals surface area contributed by atoms with E-state index in [1.165, 1.54) is 0 Å². The van der Waals surface area contributed by atoms with Crippen LogP contribution in [0.5, 0.6) is 0 Å². The lowest BCUT2D eigenvalue weighted by Gasteiger charge is -2.12. The molecule has 0 N–H and O–H groups in total. The number of nitrogens with zero attached hydrogens (tertiary/aromatic N) is 1. The van der Waals surface area contributed by atoms with Crippen LogP contribution in [-0.2, 0) is 10.6 Å². The van der Waals surface area contributed by atoms with Gasteiger partial charge in [0.05, 0.1) is 5.88 Å². The smallest absolute Gasteiger partial charge is 0.122 e. The molecule has 0 fully saturated rings. The van der Waals surface area contributed by atoms with Gasteiger partial charge in [0.25, 0.3) is 0 Å². The third-order valence-electron chi connectivity index (χ3n) is 1.90. The lowest BCUT2D eigenvalue weighted by atomic mass is 10.2. The standard InChI is InChI=1S/C10H16ClNOS/c1-3-5-9(13-4-2)10-12-7-8(6-11)14-10/h7,9H,3-6H2,1-2H3. The second-order valence-corrected chi connectivity index (χ2v) is 4.45. The maximum Gasteiger partial charge on any atom is 0.122 e. The summed E-state index contributed by atoms with van der Waals surface area (Å²) in [6, 6.07) is 0. The normalized spacial score (nSPS) is 13.1. The van der Waals surface area contributed by atoms with Crippen LogP contribution in [0.25, 0.3) is 0 Å². The van der Waals surface area contributed by atoms with Crippen molar-refractivity contribution in [2.24, 2.45) is 0 Å². The van der Waals surface area contributed by atoms with Crippen LogP contribution < -0.4 is 0 Å². The Bertz CT molecular complexity index is 258. The Kier molecular flexibility index (Phi) is 5.45. The number of alkyl halides is 1. The van der Waals surface area contributed by atoms with E-state index >= 15 is 0 Å². The molecule has 1 rings (SSSR count). The average Bonchev–Trinajstić information content (AvgIpc) is 2.65. The molecule has 0 aromatic carbocycles. The van der Waals surface area contributed by atoms with Crippen LogP contribution in [0, 0.1) is 0 Å². The first kappa shape index (κ1) is 12.0. The van der Waals surface area contributed by atoms with E-state index in [1.807, 2.05) is 13.1 Å². The van der Waals surface area contributed by atoms with Crippen LogP contribution in [0.15, 0.2) is 6.20 Å². The van der Waals surface area contributed by atoms with E-state index in [0.717, 1.165) is 29.3 Å². The number of hydrogen-bond donors (Lipinski definition) is 0. The number of hydrogen-bond acceptors (Lipinski definition) is 3. The Morgan fingerprint density at radius 2 is 2.36 bits per heavy atom. The average molecular weight is 234 g/mol. The largest absolute Gasteiger partial charge is 0.371 e. The third kappa shape index (κ3) is 3.23. The van der Waals surface area contributed by atoms with Crippen LogP contribution in [0.2, 0.25) is 0 Å². The molecule has 0 amide bonds. The van der Waals surface area contributed by atoms with Crippen molar-refractivity contribution in [3.63, 3.8) is 0 Å². The Labute approximate surface area is 94.3 Å². The number of halogens is 1. The maximum absolute atomic E-state index is 5.73. The van der Waals surface area contributed by atoms with Gasteiger partial charge in [-0.1, -0.05) is 13.3 Å². The first-order chi connectivity index (χ1) is 6.81. The van der Waals surface area contributed by atoms with Crippen LogP contribution in [-0.4, -0.2) is 11.6 Å². The molecular formula is C10H16ClNOS. The van der Waals surface area contributed by atoms with Crippen molar-refractivity contribution in [1.82, 2.24) is 4.98 Å². The van der Waals surface area contributed by atoms with Crippen molar-refractivity contribution in [2.75, 3.05) is 6.61 Å². The number of ether oxygens (including phenoxy) is 1. The van der Waals surface area contributed by atoms with Crippen LogP contribution >= 0.6 is 22.9 Å². The van der Waals surface area contributed by atoms with Crippen LogP contribution in [0.3, 0.4) is 0 Å². The topological polar surface area (TPSA) is 22.1 Å². The minimum atomic E-state index is 0.159. The van der Waals surface area contributed by atoms with Gasteiger partial charge in [-0.05, 0) is 13.3 Å². The van der Waals surface area contributed by atoms with Crippen LogP contribution in [0.1, 0.15) is 42.7 Å². The zero-order chi connectivity index (χ0) is 10.4. The second-order valence-electron chi connectivity index (χ2n) is 3.03. The van der Waals surface area contributed by atoms with E-state index in [9.17, 15) is 0 Å². The Balaban J connectivity index is 2.65. The van der Waals surface area contributed by atoms with Crippen molar-refractivity contribution < 1.29 is 4.74 Å². The molecule has 1 unspecified atom stereocenters. The summed E-state index contributed by atoms with van der Waals surface area (Å²) >= 11 is 7.38. The zero-order valence-corrected chi connectivity index (χ0v) is 10.2. The minimum absolute atomic E-state index is 0.159. The molecule has 0 aliphatic carbocycles. The van der Waals surface area contributed by atoms with Gasteiger partial charge in [0, 0.05) is 17.7 Å². The van der Waals surface area contributed by atoms with Crippen molar-refractivity contribution in [1.29, 1.82) is 0 Å². The summed E-state index contributed by atoms with van der Waals surface area (Å²) in [4.78, 5) is 5.45. The van der Waals surface area contributed by atoms with Gasteiger partial charge in [-0.15, -0.1) is 22.9 Å². The Hall–Kier alpha value is -0.120. The summed E-state index contributed by atoms with van der Waals surface area (Å²) in [5.74, 6) is 0.544. The fourth-order valence-electron chi connectivity index (χ4n) is 1.27. The van der Waals surface area contributed by atoms with Crippen molar-refractivity contribution in [3.05, 3.63) is 16.1 Å². The number of thiazole rings is 1. The molecule has 2 nitrogen and oxygen atoms in total. The van der Waals surface area contributed by atoms with E-state index in [1.54, 1.807) is 11.3 Å². The van der Waals surface area contributed by atoms with Crippen molar-refractivity contribution >= 4 is 22.9 Å². The first-order valence-corrected chi connectivity index (χ1v) is 6.29. The highest BCUT2D eigenvalue weighted by atomic mass is 35.5. The highest BCUT2D eigenvalue weighted by molar-refractivity contribution is 7.11. The SMILES string of the molecule is CCCC(OCC)c1ncc(CCl)s1. The molecule has 4 heteroatoms. The lowest BCUT2D eigenvalue weighted by molar-refractivity contribution is 0.0555. The Morgan fingerprint density at radius 1 is 1.57 bits per heavy atom. The quantitative estimate of drug-likeness (QED) is 0.698. The summed E-state index contributed by atoms with van der Waals surface area (Å²) in [6.45, 7) is 4.90. The molecule has 1 aromatic rings. The summed E-state index contributed by atoms with van der Waals surface area (Å²) in [5, 5.41) is 1.06. The molecule has 0 radical (unpaired) electrons. The predicted molar refractivity (Wildman–Crippen MR) is 60.9 cm³/mol. The fourth-order valence-corrected chi connectivity index (χ4v) is 2.36. The van der Waals surface area contributed by atoms with Gasteiger partial charge < -0.3 is 4.74 Å². The van der Waals surface area contributed by atoms with Crippen molar-refractivity contribution in [3.8, 4) is 0 Å². The summed E-state index contributed by atoms with van der Waals surface area (Å²) in [7, 11) is 0. The molecule has 0 saturated carbocycles. The molecule has 0 saturated heterocycles. The third-order valence-corrected chi connectivity index (χ3v) is 3.43. The summed E-state index contributed by atoms with van der Waals surface area (Å²) < 4.78 is 5.63. The van der Waals surface area contributed by atoms with Crippen molar-refractivity contribution in [2.45, 2.75) is 38.7 Å². The molecule has 0 bridgehead atoms. The molecule has 14 heavy (non-hydrogen) atoms.